The van der Waals surface area contributed by atoms with Gasteiger partial charge in [-0.15, -0.1) is 0 Å². The van der Waals surface area contributed by atoms with Crippen molar-refractivity contribution in [1.29, 1.82) is 0 Å². The molecule has 0 spiro atoms. The maximum atomic E-state index is 5.84. The molecule has 0 aliphatic rings. The minimum absolute atomic E-state index is 0.970. The van der Waals surface area contributed by atoms with Gasteiger partial charge in [-0.25, -0.2) is 0 Å². The van der Waals surface area contributed by atoms with E-state index in [-0.39, 0.29) is 0 Å². The van der Waals surface area contributed by atoms with Crippen molar-refractivity contribution >= 4 is 11.3 Å². The molecule has 0 amide bonds. The first kappa shape index (κ1) is 18.1. The first-order valence-corrected chi connectivity index (χ1v) is 8.68. The largest absolute Gasteiger partial charge is 0.496 e. The number of aryl methyl sites for hydroxylation is 1. The fourth-order valence-corrected chi connectivity index (χ4v) is 3.27. The zero-order valence-electron chi connectivity index (χ0n) is 15.8. The van der Waals surface area contributed by atoms with Gasteiger partial charge >= 0.3 is 0 Å². The summed E-state index contributed by atoms with van der Waals surface area (Å²) < 4.78 is 5.84. The molecule has 0 radical (unpaired) electrons. The average Bonchev–Trinajstić information content (AvgIpc) is 2.59. The number of hydrogen-bond acceptors (Lipinski definition) is 2. The maximum absolute atomic E-state index is 5.84. The molecule has 0 aliphatic carbocycles. The van der Waals surface area contributed by atoms with E-state index in [0.29, 0.717) is 0 Å². The van der Waals surface area contributed by atoms with Gasteiger partial charge in [0.1, 0.15) is 5.75 Å². The lowest BCUT2D eigenvalue weighted by molar-refractivity contribution is 0.408. The highest BCUT2D eigenvalue weighted by Crippen LogP contribution is 2.38. The Morgan fingerprint density at radius 1 is 1.04 bits per heavy atom. The van der Waals surface area contributed by atoms with Crippen LogP contribution in [0.15, 0.2) is 42.5 Å². The number of para-hydroxylation sites is 1. The van der Waals surface area contributed by atoms with Crippen LogP contribution in [0, 0.1) is 6.92 Å². The molecule has 0 unspecified atom stereocenters. The minimum atomic E-state index is 0.970. The number of nitrogens with zero attached hydrogens (tertiary/aromatic N) is 1. The maximum Gasteiger partial charge on any atom is 0.130 e. The van der Waals surface area contributed by atoms with Crippen molar-refractivity contribution in [3.8, 4) is 5.75 Å². The van der Waals surface area contributed by atoms with Gasteiger partial charge in [0.15, 0.2) is 0 Å². The fraction of sp³-hybridized carbons (Fsp3) is 0.364. The molecule has 0 aliphatic heterocycles. The molecular formula is C22H29NO. The highest BCUT2D eigenvalue weighted by Gasteiger charge is 2.17. The topological polar surface area (TPSA) is 12.5 Å². The van der Waals surface area contributed by atoms with E-state index >= 15 is 0 Å². The number of benzene rings is 2. The van der Waals surface area contributed by atoms with Crippen LogP contribution >= 0.6 is 0 Å². The van der Waals surface area contributed by atoms with Crippen molar-refractivity contribution < 1.29 is 4.74 Å². The van der Waals surface area contributed by atoms with Crippen LogP contribution in [0.25, 0.3) is 5.57 Å². The third-order valence-corrected chi connectivity index (χ3v) is 4.43. The van der Waals surface area contributed by atoms with E-state index in [1.54, 1.807) is 7.11 Å². The summed E-state index contributed by atoms with van der Waals surface area (Å²) in [4.78, 5) is 2.17. The van der Waals surface area contributed by atoms with Gasteiger partial charge in [-0.2, -0.15) is 0 Å². The summed E-state index contributed by atoms with van der Waals surface area (Å²) in [5, 5.41) is 0. The smallest absolute Gasteiger partial charge is 0.130 e. The molecule has 24 heavy (non-hydrogen) atoms. The van der Waals surface area contributed by atoms with Crippen molar-refractivity contribution in [2.24, 2.45) is 0 Å². The second-order valence-electron chi connectivity index (χ2n) is 6.23. The SMILES string of the molecule is CC/C=C(/c1ccccc1N(C)C)c1ccc(C)c(CC)c1OC. The molecule has 0 saturated heterocycles. The molecule has 2 aromatic carbocycles. The minimum Gasteiger partial charge on any atom is -0.496 e. The molecule has 128 valence electrons. The van der Waals surface area contributed by atoms with Crippen LogP contribution in [0.1, 0.15) is 42.5 Å². The number of hydrogen-bond donors (Lipinski definition) is 0. The molecule has 0 aromatic heterocycles. The lowest BCUT2D eigenvalue weighted by Gasteiger charge is -2.22. The van der Waals surface area contributed by atoms with Crippen molar-refractivity contribution in [3.05, 3.63) is 64.7 Å². The zero-order chi connectivity index (χ0) is 17.7. The Morgan fingerprint density at radius 2 is 1.75 bits per heavy atom. The molecule has 0 heterocycles. The van der Waals surface area contributed by atoms with Gasteiger partial charge < -0.3 is 9.64 Å². The lowest BCUT2D eigenvalue weighted by atomic mass is 9.91. The second kappa shape index (κ2) is 8.05. The van der Waals surface area contributed by atoms with Crippen molar-refractivity contribution in [1.82, 2.24) is 0 Å². The summed E-state index contributed by atoms with van der Waals surface area (Å²) in [7, 11) is 5.96. The van der Waals surface area contributed by atoms with Crippen LogP contribution in [0.2, 0.25) is 0 Å². The van der Waals surface area contributed by atoms with Crippen LogP contribution in [0.3, 0.4) is 0 Å². The lowest BCUT2D eigenvalue weighted by Crippen LogP contribution is -2.11. The van der Waals surface area contributed by atoms with Crippen LogP contribution in [0.5, 0.6) is 5.75 Å². The van der Waals surface area contributed by atoms with E-state index in [0.717, 1.165) is 18.6 Å². The quantitative estimate of drug-likeness (QED) is 0.698. The predicted molar refractivity (Wildman–Crippen MR) is 105 cm³/mol. The summed E-state index contributed by atoms with van der Waals surface area (Å²) in [6.45, 7) is 6.52. The van der Waals surface area contributed by atoms with Gasteiger partial charge in [-0.05, 0) is 42.5 Å². The molecule has 0 fully saturated rings. The Labute approximate surface area is 146 Å². The molecule has 2 aromatic rings. The van der Waals surface area contributed by atoms with E-state index in [2.05, 4.69) is 82.2 Å². The second-order valence-corrected chi connectivity index (χ2v) is 6.23. The third kappa shape index (κ3) is 3.48. The summed E-state index contributed by atoms with van der Waals surface area (Å²) in [6, 6.07) is 13.0. The monoisotopic (exact) mass is 323 g/mol. The van der Waals surface area contributed by atoms with Gasteiger partial charge in [0, 0.05) is 30.9 Å². The number of anilines is 1. The van der Waals surface area contributed by atoms with Crippen LogP contribution in [-0.2, 0) is 6.42 Å². The Bertz CT molecular complexity index is 729. The van der Waals surface area contributed by atoms with Gasteiger partial charge in [0.05, 0.1) is 7.11 Å². The van der Waals surface area contributed by atoms with E-state index in [1.165, 1.54) is 33.5 Å². The number of ether oxygens (including phenoxy) is 1. The molecule has 2 nitrogen and oxygen atoms in total. The molecule has 0 N–H and O–H groups in total. The van der Waals surface area contributed by atoms with Crippen molar-refractivity contribution in [2.45, 2.75) is 33.6 Å². The standard InChI is InChI=1S/C22H29NO/c1-7-11-18(19-12-9-10-13-21(19)23(4)5)20-15-14-16(3)17(8-2)22(20)24-6/h9-15H,7-8H2,1-6H3/b18-11-. The van der Waals surface area contributed by atoms with Gasteiger partial charge in [0.2, 0.25) is 0 Å². The van der Waals surface area contributed by atoms with Gasteiger partial charge in [-0.1, -0.05) is 50.3 Å². The summed E-state index contributed by atoms with van der Waals surface area (Å²) in [5.74, 6) is 1.01. The first-order valence-electron chi connectivity index (χ1n) is 8.68. The Hall–Kier alpha value is -2.22. The van der Waals surface area contributed by atoms with Crippen LogP contribution in [0.4, 0.5) is 5.69 Å². The Morgan fingerprint density at radius 3 is 2.33 bits per heavy atom. The highest BCUT2D eigenvalue weighted by atomic mass is 16.5. The summed E-state index contributed by atoms with van der Waals surface area (Å²) in [5.41, 5.74) is 7.46. The normalized spacial score (nSPS) is 11.5. The predicted octanol–water partition coefficient (Wildman–Crippen LogP) is 5.47. The van der Waals surface area contributed by atoms with Gasteiger partial charge in [-0.3, -0.25) is 0 Å². The van der Waals surface area contributed by atoms with Crippen molar-refractivity contribution in [3.63, 3.8) is 0 Å². The zero-order valence-corrected chi connectivity index (χ0v) is 15.8. The summed E-state index contributed by atoms with van der Waals surface area (Å²) in [6.07, 6.45) is 4.25. The first-order chi connectivity index (χ1) is 11.5. The molecule has 0 atom stereocenters. The third-order valence-electron chi connectivity index (χ3n) is 4.43. The Kier molecular flexibility index (Phi) is 6.08. The van der Waals surface area contributed by atoms with Gasteiger partial charge in [0.25, 0.3) is 0 Å². The number of allylic oxidation sites excluding steroid dienone is 1. The van der Waals surface area contributed by atoms with E-state index in [9.17, 15) is 0 Å². The van der Waals surface area contributed by atoms with E-state index in [4.69, 9.17) is 4.74 Å². The van der Waals surface area contributed by atoms with Crippen molar-refractivity contribution in [2.75, 3.05) is 26.1 Å². The fourth-order valence-electron chi connectivity index (χ4n) is 3.27. The van der Waals surface area contributed by atoms with E-state index < -0.39 is 0 Å². The molecule has 0 saturated carbocycles. The molecule has 2 rings (SSSR count). The summed E-state index contributed by atoms with van der Waals surface area (Å²) >= 11 is 0. The average molecular weight is 323 g/mol. The highest BCUT2D eigenvalue weighted by molar-refractivity contribution is 5.89. The molecule has 2 heteroatoms. The van der Waals surface area contributed by atoms with E-state index in [1.807, 2.05) is 0 Å². The van der Waals surface area contributed by atoms with Crippen LogP contribution < -0.4 is 9.64 Å². The van der Waals surface area contributed by atoms with Crippen LogP contribution in [-0.4, -0.2) is 21.2 Å². The number of rotatable bonds is 6. The molecular weight excluding hydrogens is 294 g/mol. The Balaban J connectivity index is 2.74. The molecule has 0 bridgehead atoms. The number of methoxy groups -OCH3 is 1.